The fraction of sp³-hybridized carbons (Fsp3) is 0.675. The molecule has 4 rings (SSSR count). The second-order valence-electron chi connectivity index (χ2n) is 14.7. The molecule has 0 atom stereocenters. The van der Waals surface area contributed by atoms with Crippen LogP contribution in [0.1, 0.15) is 138 Å². The first-order chi connectivity index (χ1) is 24.8. The number of unbranched alkanes of at least 4 members (excludes halogenated alkanes) is 9. The average molecular weight is 808 g/mol. The first-order valence-electron chi connectivity index (χ1n) is 19.4. The quantitative estimate of drug-likeness (QED) is 0.0424. The third kappa shape index (κ3) is 14.0. The standard InChI is InChI=1S/C28H37BrN4O3.C12H26O3S/c1-5-36-30-26(22-6-8-24(29)9-7-22)23-11-15-32(16-12-23)28(4)13-18-31(19-14-28)27(34)25-20(2)10-17-33(35)21(25)3;1-2-3-4-5-6-7-8-9-10-11-12-16(13,14)15/h6-10,17,23H,5,11-16,18-19H2,1-4H3;2-12H2,1H3,(H,13,14,15)/b30-26-;. The number of rotatable bonds is 17. The van der Waals surface area contributed by atoms with Gasteiger partial charge in [0.2, 0.25) is 5.69 Å². The molecular formula is C40H63BrN4O6S. The number of benzene rings is 1. The monoisotopic (exact) mass is 806 g/mol. The first-order valence-corrected chi connectivity index (χ1v) is 21.8. The van der Waals surface area contributed by atoms with Crippen LogP contribution in [0.5, 0.6) is 0 Å². The summed E-state index contributed by atoms with van der Waals surface area (Å²) in [7, 11) is -3.73. The molecule has 2 aromatic rings. The Hall–Kier alpha value is -2.54. The molecule has 0 saturated carbocycles. The number of aromatic nitrogens is 1. The van der Waals surface area contributed by atoms with Gasteiger partial charge in [0.1, 0.15) is 12.2 Å². The van der Waals surface area contributed by atoms with E-state index >= 15 is 0 Å². The average Bonchev–Trinajstić information content (AvgIpc) is 3.12. The molecule has 0 spiro atoms. The van der Waals surface area contributed by atoms with Crippen molar-refractivity contribution in [3.63, 3.8) is 0 Å². The number of amides is 1. The zero-order valence-corrected chi connectivity index (χ0v) is 34.6. The first kappa shape index (κ1) is 43.9. The summed E-state index contributed by atoms with van der Waals surface area (Å²) in [6.45, 7) is 14.1. The number of carbonyl (C=O) groups is 1. The van der Waals surface area contributed by atoms with Crippen LogP contribution in [0.4, 0.5) is 0 Å². The van der Waals surface area contributed by atoms with Crippen LogP contribution in [0.2, 0.25) is 0 Å². The van der Waals surface area contributed by atoms with Crippen molar-refractivity contribution in [3.05, 3.63) is 68.6 Å². The second kappa shape index (κ2) is 22.0. The van der Waals surface area contributed by atoms with Gasteiger partial charge in [-0.2, -0.15) is 13.1 Å². The number of nitrogens with zero attached hydrogens (tertiary/aromatic N) is 4. The SMILES string of the molecule is CCCCCCCCCCCCS(=O)(=O)O.CCO/N=C(/c1ccc(Br)cc1)C1CCN(C2(C)CCN(C(=O)c3c(C)cc[n+]([O-])c3C)CC2)CC1. The van der Waals surface area contributed by atoms with Crippen LogP contribution in [-0.4, -0.2) is 78.5 Å². The Morgan fingerprint density at radius 2 is 1.50 bits per heavy atom. The Kier molecular flexibility index (Phi) is 18.5. The zero-order chi connectivity index (χ0) is 38.1. The Labute approximate surface area is 321 Å². The topological polar surface area (TPSA) is 126 Å². The van der Waals surface area contributed by atoms with E-state index in [1.807, 2.05) is 18.7 Å². The van der Waals surface area contributed by atoms with Gasteiger partial charge in [0.25, 0.3) is 16.0 Å². The minimum absolute atomic E-state index is 0.0257. The van der Waals surface area contributed by atoms with Crippen molar-refractivity contribution >= 4 is 37.7 Å². The molecule has 0 aliphatic carbocycles. The van der Waals surface area contributed by atoms with Crippen molar-refractivity contribution in [3.8, 4) is 0 Å². The number of oxime groups is 1. The van der Waals surface area contributed by atoms with E-state index in [4.69, 9.17) is 9.39 Å². The number of piperidine rings is 2. The number of hydrogen-bond donors (Lipinski definition) is 1. The zero-order valence-electron chi connectivity index (χ0n) is 32.2. The van der Waals surface area contributed by atoms with Gasteiger partial charge in [0, 0.05) is 42.0 Å². The maximum absolute atomic E-state index is 13.3. The van der Waals surface area contributed by atoms with E-state index in [0.29, 0.717) is 43.3 Å². The lowest BCUT2D eigenvalue weighted by Gasteiger charge is -2.49. The lowest BCUT2D eigenvalue weighted by atomic mass is 9.82. The van der Waals surface area contributed by atoms with E-state index in [0.717, 1.165) is 77.7 Å². The maximum Gasteiger partial charge on any atom is 0.264 e. The predicted octanol–water partition coefficient (Wildman–Crippen LogP) is 8.64. The number of likely N-dealkylation sites (tertiary alicyclic amines) is 2. The number of aryl methyl sites for hydroxylation is 1. The molecule has 2 fully saturated rings. The summed E-state index contributed by atoms with van der Waals surface area (Å²) in [6.07, 6.45) is 17.1. The van der Waals surface area contributed by atoms with Crippen molar-refractivity contribution in [2.24, 2.45) is 11.1 Å². The molecule has 2 aliphatic heterocycles. The summed E-state index contributed by atoms with van der Waals surface area (Å²) in [5.74, 6) is 0.257. The Bertz CT molecular complexity index is 1520. The van der Waals surface area contributed by atoms with Crippen LogP contribution in [0.25, 0.3) is 0 Å². The maximum atomic E-state index is 13.3. The van der Waals surface area contributed by atoms with Crippen LogP contribution in [0.15, 0.2) is 46.2 Å². The van der Waals surface area contributed by atoms with Gasteiger partial charge < -0.3 is 14.9 Å². The van der Waals surface area contributed by atoms with Gasteiger partial charge in [0.05, 0.1) is 11.5 Å². The lowest BCUT2D eigenvalue weighted by Crippen LogP contribution is -2.57. The van der Waals surface area contributed by atoms with Gasteiger partial charge in [0.15, 0.2) is 6.20 Å². The predicted molar refractivity (Wildman–Crippen MR) is 213 cm³/mol. The summed E-state index contributed by atoms with van der Waals surface area (Å²) in [6, 6.07) is 10.0. The molecule has 10 nitrogen and oxygen atoms in total. The van der Waals surface area contributed by atoms with Crippen LogP contribution in [-0.2, 0) is 15.0 Å². The lowest BCUT2D eigenvalue weighted by molar-refractivity contribution is -0.612. The molecule has 1 N–H and O–H groups in total. The molecule has 2 saturated heterocycles. The molecule has 0 bridgehead atoms. The molecular weight excluding hydrogens is 744 g/mol. The Morgan fingerprint density at radius 1 is 0.942 bits per heavy atom. The highest BCUT2D eigenvalue weighted by Gasteiger charge is 2.40. The highest BCUT2D eigenvalue weighted by Crippen LogP contribution is 2.34. The van der Waals surface area contributed by atoms with Crippen molar-refractivity contribution in [2.45, 2.75) is 130 Å². The molecule has 3 heterocycles. The van der Waals surface area contributed by atoms with Crippen molar-refractivity contribution in [2.75, 3.05) is 38.5 Å². The van der Waals surface area contributed by atoms with Crippen molar-refractivity contribution in [1.29, 1.82) is 0 Å². The Morgan fingerprint density at radius 3 is 2.04 bits per heavy atom. The minimum Gasteiger partial charge on any atom is -0.618 e. The number of carbonyl (C=O) groups excluding carboxylic acids is 1. The van der Waals surface area contributed by atoms with E-state index in [1.165, 1.54) is 51.1 Å². The Balaban J connectivity index is 0.000000385. The highest BCUT2D eigenvalue weighted by atomic mass is 79.9. The number of pyridine rings is 1. The second-order valence-corrected chi connectivity index (χ2v) is 17.2. The number of hydrogen-bond acceptors (Lipinski definition) is 7. The molecule has 12 heteroatoms. The molecule has 1 amide bonds. The number of halogens is 1. The van der Waals surface area contributed by atoms with E-state index in [-0.39, 0.29) is 17.2 Å². The largest absolute Gasteiger partial charge is 0.618 e. The fourth-order valence-corrected chi connectivity index (χ4v) is 8.18. The summed E-state index contributed by atoms with van der Waals surface area (Å²) in [4.78, 5) is 23.3. The van der Waals surface area contributed by atoms with Gasteiger partial charge in [-0.25, -0.2) is 0 Å². The van der Waals surface area contributed by atoms with E-state index in [1.54, 1.807) is 13.0 Å². The summed E-state index contributed by atoms with van der Waals surface area (Å²) in [5, 5.41) is 16.6. The third-order valence-corrected chi connectivity index (χ3v) is 12.1. The summed E-state index contributed by atoms with van der Waals surface area (Å²) >= 11 is 3.52. The molecule has 2 aliphatic rings. The van der Waals surface area contributed by atoms with Crippen molar-refractivity contribution < 1.29 is 27.3 Å². The smallest absolute Gasteiger partial charge is 0.264 e. The minimum atomic E-state index is -3.73. The van der Waals surface area contributed by atoms with Gasteiger partial charge in [-0.3, -0.25) is 14.2 Å². The van der Waals surface area contributed by atoms with Gasteiger partial charge in [-0.05, 0) is 89.2 Å². The van der Waals surface area contributed by atoms with Crippen LogP contribution < -0.4 is 4.73 Å². The molecule has 1 aromatic carbocycles. The van der Waals surface area contributed by atoms with Gasteiger partial charge in [-0.15, -0.1) is 0 Å². The molecule has 292 valence electrons. The fourth-order valence-electron chi connectivity index (χ4n) is 7.34. The summed E-state index contributed by atoms with van der Waals surface area (Å²) < 4.78 is 31.2. The van der Waals surface area contributed by atoms with Crippen LogP contribution in [0.3, 0.4) is 0 Å². The van der Waals surface area contributed by atoms with Crippen LogP contribution in [0, 0.1) is 25.0 Å². The third-order valence-electron chi connectivity index (χ3n) is 10.7. The van der Waals surface area contributed by atoms with E-state index in [2.05, 4.69) is 64.1 Å². The van der Waals surface area contributed by atoms with E-state index in [9.17, 15) is 18.4 Å². The summed E-state index contributed by atoms with van der Waals surface area (Å²) in [5.41, 5.74) is 4.11. The molecule has 52 heavy (non-hydrogen) atoms. The van der Waals surface area contributed by atoms with Crippen molar-refractivity contribution in [1.82, 2.24) is 9.80 Å². The molecule has 0 unspecified atom stereocenters. The highest BCUT2D eigenvalue weighted by molar-refractivity contribution is 9.10. The van der Waals surface area contributed by atoms with Gasteiger partial charge >= 0.3 is 0 Å². The molecule has 0 radical (unpaired) electrons. The normalized spacial score (nSPS) is 17.1. The van der Waals surface area contributed by atoms with Crippen LogP contribution >= 0.6 is 15.9 Å². The van der Waals surface area contributed by atoms with E-state index < -0.39 is 10.1 Å². The molecule has 1 aromatic heterocycles. The van der Waals surface area contributed by atoms with Gasteiger partial charge in [-0.1, -0.05) is 97.9 Å².